The molecular weight excluding hydrogens is 342 g/mol. The Hall–Kier alpha value is -1.73. The fourth-order valence-corrected chi connectivity index (χ4v) is 4.61. The molecule has 3 aromatic rings. The van der Waals surface area contributed by atoms with Gasteiger partial charge in [0.2, 0.25) is 10.0 Å². The standard InChI is InChI=1S/C18H19NO3S2/c20-17(16-13-23-18-9-5-4-8-15(16)18)12-19-24(21,22)11-10-14-6-2-1-3-7-14/h1-9,13,17,19-20H,10-12H2. The lowest BCUT2D eigenvalue weighted by Gasteiger charge is -2.12. The van der Waals surface area contributed by atoms with Gasteiger partial charge in [0.15, 0.2) is 0 Å². The summed E-state index contributed by atoms with van der Waals surface area (Å²) >= 11 is 1.55. The van der Waals surface area contributed by atoms with Crippen LogP contribution in [0.2, 0.25) is 0 Å². The van der Waals surface area contributed by atoms with E-state index in [9.17, 15) is 13.5 Å². The highest BCUT2D eigenvalue weighted by molar-refractivity contribution is 7.89. The summed E-state index contributed by atoms with van der Waals surface area (Å²) in [7, 11) is -3.43. The lowest BCUT2D eigenvalue weighted by molar-refractivity contribution is 0.184. The van der Waals surface area contributed by atoms with Crippen LogP contribution in [0.3, 0.4) is 0 Å². The number of hydrogen-bond donors (Lipinski definition) is 2. The van der Waals surface area contributed by atoms with Crippen molar-refractivity contribution in [3.8, 4) is 0 Å². The molecule has 126 valence electrons. The van der Waals surface area contributed by atoms with Crippen LogP contribution >= 0.6 is 11.3 Å². The van der Waals surface area contributed by atoms with Crippen molar-refractivity contribution in [2.24, 2.45) is 0 Å². The quantitative estimate of drug-likeness (QED) is 0.680. The minimum Gasteiger partial charge on any atom is -0.387 e. The maximum Gasteiger partial charge on any atom is 0.212 e. The molecule has 2 aromatic carbocycles. The van der Waals surface area contributed by atoms with Crippen LogP contribution in [0.25, 0.3) is 10.1 Å². The van der Waals surface area contributed by atoms with E-state index in [1.165, 1.54) is 0 Å². The fourth-order valence-electron chi connectivity index (χ4n) is 2.54. The van der Waals surface area contributed by atoms with Gasteiger partial charge in [-0.15, -0.1) is 11.3 Å². The topological polar surface area (TPSA) is 66.4 Å². The first-order valence-corrected chi connectivity index (χ1v) is 10.2. The van der Waals surface area contributed by atoms with Gasteiger partial charge in [-0.05, 0) is 28.8 Å². The van der Waals surface area contributed by atoms with E-state index in [2.05, 4.69) is 4.72 Å². The second-order valence-corrected chi connectivity index (χ2v) is 8.44. The Morgan fingerprint density at radius 3 is 2.54 bits per heavy atom. The Morgan fingerprint density at radius 1 is 1.04 bits per heavy atom. The van der Waals surface area contributed by atoms with Crippen LogP contribution in [0.4, 0.5) is 0 Å². The van der Waals surface area contributed by atoms with E-state index in [0.717, 1.165) is 21.2 Å². The van der Waals surface area contributed by atoms with E-state index in [1.807, 2.05) is 60.0 Å². The van der Waals surface area contributed by atoms with Crippen molar-refractivity contribution >= 4 is 31.4 Å². The average Bonchev–Trinajstić information content (AvgIpc) is 3.03. The van der Waals surface area contributed by atoms with Gasteiger partial charge in [-0.25, -0.2) is 13.1 Å². The fraction of sp³-hybridized carbons (Fsp3) is 0.222. The largest absolute Gasteiger partial charge is 0.387 e. The molecule has 0 amide bonds. The molecule has 1 aromatic heterocycles. The minimum atomic E-state index is -3.43. The monoisotopic (exact) mass is 361 g/mol. The van der Waals surface area contributed by atoms with Crippen LogP contribution in [0, 0.1) is 0 Å². The molecule has 0 bridgehead atoms. The van der Waals surface area contributed by atoms with Crippen LogP contribution in [-0.2, 0) is 16.4 Å². The Bertz CT molecular complexity index is 904. The number of thiophene rings is 1. The van der Waals surface area contributed by atoms with Gasteiger partial charge >= 0.3 is 0 Å². The molecule has 24 heavy (non-hydrogen) atoms. The van der Waals surface area contributed by atoms with Crippen molar-refractivity contribution < 1.29 is 13.5 Å². The zero-order valence-corrected chi connectivity index (χ0v) is 14.7. The average molecular weight is 361 g/mol. The highest BCUT2D eigenvalue weighted by atomic mass is 32.2. The number of aliphatic hydroxyl groups is 1. The molecule has 0 saturated heterocycles. The van der Waals surface area contributed by atoms with Crippen molar-refractivity contribution in [1.29, 1.82) is 0 Å². The predicted octanol–water partition coefficient (Wildman–Crippen LogP) is 3.10. The smallest absolute Gasteiger partial charge is 0.212 e. The van der Waals surface area contributed by atoms with Gasteiger partial charge in [-0.1, -0.05) is 48.5 Å². The van der Waals surface area contributed by atoms with E-state index in [0.29, 0.717) is 6.42 Å². The molecule has 0 spiro atoms. The maximum absolute atomic E-state index is 12.1. The van der Waals surface area contributed by atoms with E-state index in [4.69, 9.17) is 0 Å². The molecule has 1 heterocycles. The molecule has 4 nitrogen and oxygen atoms in total. The summed E-state index contributed by atoms with van der Waals surface area (Å²) in [5.74, 6) is 0.00805. The van der Waals surface area contributed by atoms with Gasteiger partial charge in [0.25, 0.3) is 0 Å². The second-order valence-electron chi connectivity index (χ2n) is 5.61. The Labute approximate surface area is 145 Å². The van der Waals surface area contributed by atoms with Crippen LogP contribution < -0.4 is 4.72 Å². The van der Waals surface area contributed by atoms with Crippen LogP contribution in [-0.4, -0.2) is 25.8 Å². The predicted molar refractivity (Wildman–Crippen MR) is 98.7 cm³/mol. The zero-order chi connectivity index (χ0) is 17.0. The number of benzene rings is 2. The van der Waals surface area contributed by atoms with Gasteiger partial charge < -0.3 is 5.11 Å². The van der Waals surface area contributed by atoms with Gasteiger partial charge in [0, 0.05) is 16.8 Å². The second kappa shape index (κ2) is 7.44. The number of sulfonamides is 1. The van der Waals surface area contributed by atoms with Crippen molar-refractivity contribution in [2.75, 3.05) is 12.3 Å². The molecule has 0 aliphatic carbocycles. The molecule has 0 saturated carbocycles. The van der Waals surface area contributed by atoms with Crippen LogP contribution in [0.15, 0.2) is 60.0 Å². The summed E-state index contributed by atoms with van der Waals surface area (Å²) < 4.78 is 27.8. The SMILES string of the molecule is O=S(=O)(CCc1ccccc1)NCC(O)c1csc2ccccc12. The summed E-state index contributed by atoms with van der Waals surface area (Å²) in [4.78, 5) is 0. The number of nitrogens with one attached hydrogen (secondary N) is 1. The van der Waals surface area contributed by atoms with Crippen molar-refractivity contribution in [3.05, 3.63) is 71.1 Å². The lowest BCUT2D eigenvalue weighted by Crippen LogP contribution is -2.31. The number of rotatable bonds is 7. The summed E-state index contributed by atoms with van der Waals surface area (Å²) in [5, 5.41) is 13.2. The molecule has 6 heteroatoms. The normalized spacial score (nSPS) is 13.2. The maximum atomic E-state index is 12.1. The van der Waals surface area contributed by atoms with E-state index in [1.54, 1.807) is 11.3 Å². The first-order chi connectivity index (χ1) is 11.6. The first kappa shape index (κ1) is 17.1. The van der Waals surface area contributed by atoms with E-state index >= 15 is 0 Å². The lowest BCUT2D eigenvalue weighted by atomic mass is 10.1. The summed E-state index contributed by atoms with van der Waals surface area (Å²) in [6.45, 7) is -0.0160. The third-order valence-electron chi connectivity index (χ3n) is 3.87. The Morgan fingerprint density at radius 2 is 1.75 bits per heavy atom. The number of hydrogen-bond acceptors (Lipinski definition) is 4. The van der Waals surface area contributed by atoms with Crippen LogP contribution in [0.5, 0.6) is 0 Å². The first-order valence-electron chi connectivity index (χ1n) is 7.70. The van der Waals surface area contributed by atoms with Crippen molar-refractivity contribution in [2.45, 2.75) is 12.5 Å². The molecule has 0 radical (unpaired) electrons. The van der Waals surface area contributed by atoms with Gasteiger partial charge in [0.1, 0.15) is 0 Å². The number of fused-ring (bicyclic) bond motifs is 1. The molecule has 1 unspecified atom stereocenters. The highest BCUT2D eigenvalue weighted by Gasteiger charge is 2.17. The van der Waals surface area contributed by atoms with Crippen LogP contribution in [0.1, 0.15) is 17.2 Å². The number of aryl methyl sites for hydroxylation is 1. The van der Waals surface area contributed by atoms with Crippen molar-refractivity contribution in [1.82, 2.24) is 4.72 Å². The molecule has 1 atom stereocenters. The van der Waals surface area contributed by atoms with E-state index < -0.39 is 16.1 Å². The zero-order valence-electron chi connectivity index (χ0n) is 13.1. The third kappa shape index (κ3) is 4.21. The van der Waals surface area contributed by atoms with Gasteiger partial charge in [-0.2, -0.15) is 0 Å². The minimum absolute atomic E-state index is 0.00805. The highest BCUT2D eigenvalue weighted by Crippen LogP contribution is 2.29. The Balaban J connectivity index is 1.60. The molecule has 0 fully saturated rings. The molecule has 0 aliphatic heterocycles. The van der Waals surface area contributed by atoms with E-state index in [-0.39, 0.29) is 12.3 Å². The molecule has 3 rings (SSSR count). The van der Waals surface area contributed by atoms with Gasteiger partial charge in [0.05, 0.1) is 11.9 Å². The number of aliphatic hydroxyl groups excluding tert-OH is 1. The summed E-state index contributed by atoms with van der Waals surface area (Å²) in [6.07, 6.45) is -0.402. The van der Waals surface area contributed by atoms with Crippen molar-refractivity contribution in [3.63, 3.8) is 0 Å². The molecular formula is C18H19NO3S2. The summed E-state index contributed by atoms with van der Waals surface area (Å²) in [6, 6.07) is 17.3. The molecule has 2 N–H and O–H groups in total. The summed E-state index contributed by atoms with van der Waals surface area (Å²) in [5.41, 5.74) is 1.74. The molecule has 0 aliphatic rings. The van der Waals surface area contributed by atoms with Gasteiger partial charge in [-0.3, -0.25) is 0 Å². The third-order valence-corrected chi connectivity index (χ3v) is 6.20. The Kier molecular flexibility index (Phi) is 5.30.